The Morgan fingerprint density at radius 2 is 2.00 bits per heavy atom. The van der Waals surface area contributed by atoms with Crippen LogP contribution in [0.25, 0.3) is 0 Å². The molecule has 1 nitrogen and oxygen atoms in total. The van der Waals surface area contributed by atoms with Gasteiger partial charge >= 0.3 is 0 Å². The third-order valence-electron chi connectivity index (χ3n) is 3.64. The van der Waals surface area contributed by atoms with E-state index in [4.69, 9.17) is 4.74 Å². The van der Waals surface area contributed by atoms with Crippen molar-refractivity contribution in [2.24, 2.45) is 0 Å². The molecule has 0 saturated carbocycles. The molecule has 1 aromatic rings. The molecule has 0 radical (unpaired) electrons. The molecule has 1 heterocycles. The summed E-state index contributed by atoms with van der Waals surface area (Å²) in [5, 5.41) is 0. The average Bonchev–Trinajstić information content (AvgIpc) is 3.00. The van der Waals surface area contributed by atoms with E-state index in [1.165, 1.54) is 23.1 Å². The molecule has 16 heavy (non-hydrogen) atoms. The topological polar surface area (TPSA) is 12.5 Å². The lowest BCUT2D eigenvalue weighted by Crippen LogP contribution is -2.03. The van der Waals surface area contributed by atoms with E-state index < -0.39 is 0 Å². The highest BCUT2D eigenvalue weighted by Crippen LogP contribution is 2.35. The Kier molecular flexibility index (Phi) is 3.34. The molecule has 3 unspecified atom stereocenters. The van der Waals surface area contributed by atoms with Crippen molar-refractivity contribution in [1.29, 1.82) is 0 Å². The molecule has 0 N–H and O–H groups in total. The van der Waals surface area contributed by atoms with Gasteiger partial charge in [-0.1, -0.05) is 37.6 Å². The van der Waals surface area contributed by atoms with Gasteiger partial charge in [0.2, 0.25) is 0 Å². The highest BCUT2D eigenvalue weighted by atomic mass is 16.6. The number of ether oxygens (including phenoxy) is 1. The number of hydrogen-bond donors (Lipinski definition) is 0. The van der Waals surface area contributed by atoms with Gasteiger partial charge in [0.05, 0.1) is 12.2 Å². The number of hydrogen-bond acceptors (Lipinski definition) is 1. The molecule has 1 fully saturated rings. The van der Waals surface area contributed by atoms with Gasteiger partial charge in [0.15, 0.2) is 0 Å². The molecule has 0 amide bonds. The maximum Gasteiger partial charge on any atom is 0.0847 e. The fourth-order valence-electron chi connectivity index (χ4n) is 2.51. The van der Waals surface area contributed by atoms with Gasteiger partial charge in [0.1, 0.15) is 0 Å². The van der Waals surface area contributed by atoms with Crippen LogP contribution in [0.3, 0.4) is 0 Å². The van der Waals surface area contributed by atoms with E-state index in [0.29, 0.717) is 18.1 Å². The maximum atomic E-state index is 5.63. The summed E-state index contributed by atoms with van der Waals surface area (Å²) in [5.41, 5.74) is 4.26. The van der Waals surface area contributed by atoms with Crippen LogP contribution in [-0.2, 0) is 4.74 Å². The predicted octanol–water partition coefficient (Wildman–Crippen LogP) is 3.97. The molecular weight excluding hydrogens is 196 g/mol. The fourth-order valence-corrected chi connectivity index (χ4v) is 2.51. The second-order valence-corrected chi connectivity index (χ2v) is 5.12. The molecular formula is C15H22O. The van der Waals surface area contributed by atoms with E-state index >= 15 is 0 Å². The first-order valence-corrected chi connectivity index (χ1v) is 6.34. The summed E-state index contributed by atoms with van der Waals surface area (Å²) in [6.07, 6.45) is 3.37. The fraction of sp³-hybridized carbons (Fsp3) is 0.600. The first-order chi connectivity index (χ1) is 7.61. The van der Waals surface area contributed by atoms with Gasteiger partial charge in [-0.25, -0.2) is 0 Å². The molecule has 1 aliphatic heterocycles. The van der Waals surface area contributed by atoms with Crippen molar-refractivity contribution >= 4 is 0 Å². The molecule has 1 saturated heterocycles. The summed E-state index contributed by atoms with van der Waals surface area (Å²) in [6, 6.07) is 6.74. The summed E-state index contributed by atoms with van der Waals surface area (Å²) in [4.78, 5) is 0. The molecule has 0 spiro atoms. The number of benzene rings is 1. The summed E-state index contributed by atoms with van der Waals surface area (Å²) >= 11 is 0. The van der Waals surface area contributed by atoms with Crippen LogP contribution in [0.2, 0.25) is 0 Å². The first kappa shape index (κ1) is 11.7. The van der Waals surface area contributed by atoms with Gasteiger partial charge in [0.25, 0.3) is 0 Å². The molecule has 88 valence electrons. The molecule has 2 rings (SSSR count). The minimum atomic E-state index is 0.514. The van der Waals surface area contributed by atoms with Gasteiger partial charge in [-0.15, -0.1) is 0 Å². The predicted molar refractivity (Wildman–Crippen MR) is 67.9 cm³/mol. The van der Waals surface area contributed by atoms with Crippen molar-refractivity contribution < 1.29 is 4.74 Å². The van der Waals surface area contributed by atoms with Gasteiger partial charge in [-0.2, -0.15) is 0 Å². The smallest absolute Gasteiger partial charge is 0.0847 e. The summed E-state index contributed by atoms with van der Waals surface area (Å²) < 4.78 is 5.63. The van der Waals surface area contributed by atoms with Crippen LogP contribution >= 0.6 is 0 Å². The summed E-state index contributed by atoms with van der Waals surface area (Å²) in [6.45, 7) is 8.89. The number of epoxide rings is 1. The zero-order chi connectivity index (χ0) is 11.7. The van der Waals surface area contributed by atoms with Gasteiger partial charge < -0.3 is 4.74 Å². The standard InChI is InChI=1S/C15H22O/c1-5-14-15(16-14)9-12(4)13-8-10(2)6-7-11(13)3/h6-8,12,14-15H,5,9H2,1-4H3. The van der Waals surface area contributed by atoms with Crippen LogP contribution < -0.4 is 0 Å². The van der Waals surface area contributed by atoms with Crippen LogP contribution in [0, 0.1) is 13.8 Å². The van der Waals surface area contributed by atoms with Crippen molar-refractivity contribution in [1.82, 2.24) is 0 Å². The minimum absolute atomic E-state index is 0.514. The molecule has 3 atom stereocenters. The van der Waals surface area contributed by atoms with Crippen LogP contribution in [0.1, 0.15) is 49.3 Å². The molecule has 0 aromatic heterocycles. The molecule has 0 aliphatic carbocycles. The van der Waals surface area contributed by atoms with Crippen molar-refractivity contribution in [3.8, 4) is 0 Å². The normalized spacial score (nSPS) is 25.5. The third-order valence-corrected chi connectivity index (χ3v) is 3.64. The Labute approximate surface area is 98.8 Å². The molecule has 1 aromatic carbocycles. The lowest BCUT2D eigenvalue weighted by atomic mass is 9.90. The average molecular weight is 218 g/mol. The SMILES string of the molecule is CCC1OC1CC(C)c1cc(C)ccc1C. The van der Waals surface area contributed by atoms with Crippen molar-refractivity contribution in [3.05, 3.63) is 34.9 Å². The molecule has 1 heteroatoms. The second kappa shape index (κ2) is 4.58. The zero-order valence-corrected chi connectivity index (χ0v) is 10.8. The monoisotopic (exact) mass is 218 g/mol. The van der Waals surface area contributed by atoms with Crippen LogP contribution in [0.15, 0.2) is 18.2 Å². The quantitative estimate of drug-likeness (QED) is 0.696. The third kappa shape index (κ3) is 2.46. The minimum Gasteiger partial charge on any atom is -0.370 e. The van der Waals surface area contributed by atoms with E-state index in [-0.39, 0.29) is 0 Å². The van der Waals surface area contributed by atoms with E-state index in [2.05, 4.69) is 45.9 Å². The lowest BCUT2D eigenvalue weighted by Gasteiger charge is -2.14. The van der Waals surface area contributed by atoms with Crippen molar-refractivity contribution in [3.63, 3.8) is 0 Å². The number of aryl methyl sites for hydroxylation is 2. The largest absolute Gasteiger partial charge is 0.370 e. The van der Waals surface area contributed by atoms with Crippen LogP contribution in [0.4, 0.5) is 0 Å². The molecule has 1 aliphatic rings. The van der Waals surface area contributed by atoms with Crippen molar-refractivity contribution in [2.45, 2.75) is 58.7 Å². The number of rotatable bonds is 4. The summed E-state index contributed by atoms with van der Waals surface area (Å²) in [5.74, 6) is 0.612. The van der Waals surface area contributed by atoms with Crippen LogP contribution in [0.5, 0.6) is 0 Å². The summed E-state index contributed by atoms with van der Waals surface area (Å²) in [7, 11) is 0. The van der Waals surface area contributed by atoms with Gasteiger partial charge in [-0.3, -0.25) is 0 Å². The Balaban J connectivity index is 2.03. The second-order valence-electron chi connectivity index (χ2n) is 5.12. The Morgan fingerprint density at radius 1 is 1.25 bits per heavy atom. The van der Waals surface area contributed by atoms with E-state index in [9.17, 15) is 0 Å². The first-order valence-electron chi connectivity index (χ1n) is 6.34. The molecule has 0 bridgehead atoms. The van der Waals surface area contributed by atoms with Crippen LogP contribution in [-0.4, -0.2) is 12.2 Å². The highest BCUT2D eigenvalue weighted by Gasteiger charge is 2.37. The van der Waals surface area contributed by atoms with Gasteiger partial charge in [0, 0.05) is 0 Å². The lowest BCUT2D eigenvalue weighted by molar-refractivity contribution is 0.353. The van der Waals surface area contributed by atoms with Gasteiger partial charge in [-0.05, 0) is 43.7 Å². The van der Waals surface area contributed by atoms with Crippen molar-refractivity contribution in [2.75, 3.05) is 0 Å². The highest BCUT2D eigenvalue weighted by molar-refractivity contribution is 5.33. The zero-order valence-electron chi connectivity index (χ0n) is 10.8. The van der Waals surface area contributed by atoms with E-state index in [1.807, 2.05) is 0 Å². The van der Waals surface area contributed by atoms with E-state index in [0.717, 1.165) is 6.42 Å². The Bertz CT molecular complexity index is 370. The Hall–Kier alpha value is -0.820. The van der Waals surface area contributed by atoms with E-state index in [1.54, 1.807) is 0 Å². The Morgan fingerprint density at radius 3 is 2.62 bits per heavy atom. The maximum absolute atomic E-state index is 5.63.